The van der Waals surface area contributed by atoms with Crippen molar-refractivity contribution in [2.24, 2.45) is 18.7 Å². The van der Waals surface area contributed by atoms with Crippen LogP contribution in [0.2, 0.25) is 0 Å². The number of aromatic nitrogens is 2. The summed E-state index contributed by atoms with van der Waals surface area (Å²) in [5.74, 6) is 0.301. The molecule has 1 fully saturated rings. The lowest BCUT2D eigenvalue weighted by Gasteiger charge is -2.38. The van der Waals surface area contributed by atoms with E-state index in [0.29, 0.717) is 19.0 Å². The molecule has 0 bridgehead atoms. The number of hydrogen-bond acceptors (Lipinski definition) is 4. The zero-order valence-corrected chi connectivity index (χ0v) is 11.6. The first kappa shape index (κ1) is 13.5. The highest BCUT2D eigenvalue weighted by Gasteiger charge is 2.36. The number of nitrogens with two attached hydrogens (primary N) is 1. The molecule has 0 saturated carbocycles. The predicted octanol–water partition coefficient (Wildman–Crippen LogP) is 0.168. The molecular weight excluding hydrogens is 252 g/mol. The van der Waals surface area contributed by atoms with Gasteiger partial charge in [0, 0.05) is 32.4 Å². The maximum atomic E-state index is 12.5. The molecular formula is C11H20N4O2S. The van der Waals surface area contributed by atoms with Gasteiger partial charge < -0.3 is 5.73 Å². The van der Waals surface area contributed by atoms with Crippen LogP contribution in [-0.2, 0) is 17.1 Å². The average Bonchev–Trinajstić information content (AvgIpc) is 2.76. The van der Waals surface area contributed by atoms with Gasteiger partial charge in [0.1, 0.15) is 4.90 Å². The van der Waals surface area contributed by atoms with Crippen molar-refractivity contribution in [1.29, 1.82) is 0 Å². The van der Waals surface area contributed by atoms with E-state index in [1.165, 1.54) is 21.4 Å². The van der Waals surface area contributed by atoms with Gasteiger partial charge in [-0.05, 0) is 18.8 Å². The van der Waals surface area contributed by atoms with Crippen molar-refractivity contribution in [3.8, 4) is 0 Å². The van der Waals surface area contributed by atoms with Crippen molar-refractivity contribution >= 4 is 10.0 Å². The number of nitrogens with zero attached hydrogens (tertiary/aromatic N) is 3. The molecule has 0 aromatic carbocycles. The molecule has 2 unspecified atom stereocenters. The topological polar surface area (TPSA) is 81.2 Å². The van der Waals surface area contributed by atoms with Gasteiger partial charge in [-0.3, -0.25) is 4.68 Å². The summed E-state index contributed by atoms with van der Waals surface area (Å²) in [4.78, 5) is 0.248. The van der Waals surface area contributed by atoms with Crippen molar-refractivity contribution in [2.75, 3.05) is 13.1 Å². The minimum Gasteiger partial charge on any atom is -0.329 e. The van der Waals surface area contributed by atoms with Crippen LogP contribution in [0.25, 0.3) is 0 Å². The second kappa shape index (κ2) is 4.99. The quantitative estimate of drug-likeness (QED) is 0.850. The first-order valence-electron chi connectivity index (χ1n) is 6.17. The molecule has 1 aliphatic rings. The summed E-state index contributed by atoms with van der Waals surface area (Å²) in [6.45, 7) is 2.96. The van der Waals surface area contributed by atoms with Gasteiger partial charge in [0.15, 0.2) is 0 Å². The van der Waals surface area contributed by atoms with E-state index in [9.17, 15) is 8.42 Å². The van der Waals surface area contributed by atoms with Gasteiger partial charge in [0.05, 0.1) is 6.20 Å². The van der Waals surface area contributed by atoms with Gasteiger partial charge in [-0.15, -0.1) is 0 Å². The number of hydrogen-bond donors (Lipinski definition) is 1. The van der Waals surface area contributed by atoms with Crippen LogP contribution in [-0.4, -0.2) is 41.6 Å². The molecule has 0 amide bonds. The number of rotatable bonds is 3. The van der Waals surface area contributed by atoms with Crippen LogP contribution in [0.1, 0.15) is 19.8 Å². The zero-order valence-electron chi connectivity index (χ0n) is 10.8. The molecule has 6 nitrogen and oxygen atoms in total. The molecule has 0 radical (unpaired) electrons. The molecule has 1 aromatic rings. The van der Waals surface area contributed by atoms with Crippen molar-refractivity contribution in [3.63, 3.8) is 0 Å². The molecule has 2 heterocycles. The predicted molar refractivity (Wildman–Crippen MR) is 68.3 cm³/mol. The molecule has 7 heteroatoms. The Morgan fingerprint density at radius 1 is 1.56 bits per heavy atom. The second-order valence-corrected chi connectivity index (χ2v) is 6.78. The standard InChI is InChI=1S/C11H20N4O2S/c1-9-4-3-5-15(11(9)6-12)18(16,17)10-7-13-14(2)8-10/h7-9,11H,3-6,12H2,1-2H3. The van der Waals surface area contributed by atoms with Crippen LogP contribution in [0.15, 0.2) is 17.3 Å². The van der Waals surface area contributed by atoms with Gasteiger partial charge >= 0.3 is 0 Å². The third kappa shape index (κ3) is 2.30. The van der Waals surface area contributed by atoms with Gasteiger partial charge in [-0.25, -0.2) is 8.42 Å². The summed E-state index contributed by atoms with van der Waals surface area (Å²) < 4.78 is 28.1. The lowest BCUT2D eigenvalue weighted by Crippen LogP contribution is -2.51. The maximum Gasteiger partial charge on any atom is 0.246 e. The van der Waals surface area contributed by atoms with Crippen LogP contribution in [0, 0.1) is 5.92 Å². The summed E-state index contributed by atoms with van der Waals surface area (Å²) >= 11 is 0. The van der Waals surface area contributed by atoms with E-state index < -0.39 is 10.0 Å². The van der Waals surface area contributed by atoms with E-state index >= 15 is 0 Å². The van der Waals surface area contributed by atoms with Crippen LogP contribution in [0.5, 0.6) is 0 Å². The highest BCUT2D eigenvalue weighted by Crippen LogP contribution is 2.28. The Balaban J connectivity index is 2.34. The highest BCUT2D eigenvalue weighted by molar-refractivity contribution is 7.89. The molecule has 18 heavy (non-hydrogen) atoms. The first-order valence-corrected chi connectivity index (χ1v) is 7.61. The lowest BCUT2D eigenvalue weighted by molar-refractivity contribution is 0.192. The number of aryl methyl sites for hydroxylation is 1. The van der Waals surface area contributed by atoms with Crippen LogP contribution in [0.4, 0.5) is 0 Å². The highest BCUT2D eigenvalue weighted by atomic mass is 32.2. The second-order valence-electron chi connectivity index (χ2n) is 4.89. The third-order valence-corrected chi connectivity index (χ3v) is 5.47. The van der Waals surface area contributed by atoms with Gasteiger partial charge in [-0.1, -0.05) is 6.92 Å². The fraction of sp³-hybridized carbons (Fsp3) is 0.727. The van der Waals surface area contributed by atoms with E-state index in [2.05, 4.69) is 12.0 Å². The normalized spacial score (nSPS) is 26.4. The van der Waals surface area contributed by atoms with E-state index in [1.54, 1.807) is 7.05 Å². The summed E-state index contributed by atoms with van der Waals surface area (Å²) in [5, 5.41) is 3.93. The molecule has 1 aliphatic heterocycles. The van der Waals surface area contributed by atoms with E-state index in [4.69, 9.17) is 5.73 Å². The molecule has 0 aliphatic carbocycles. The van der Waals surface area contributed by atoms with Gasteiger partial charge in [0.2, 0.25) is 10.0 Å². The Labute approximate surface area is 108 Å². The minimum absolute atomic E-state index is 0.107. The minimum atomic E-state index is -3.47. The molecule has 2 N–H and O–H groups in total. The average molecular weight is 272 g/mol. The fourth-order valence-electron chi connectivity index (χ4n) is 2.53. The molecule has 1 aromatic heterocycles. The zero-order chi connectivity index (χ0) is 13.3. The third-order valence-electron chi connectivity index (χ3n) is 3.59. The summed E-state index contributed by atoms with van der Waals surface area (Å²) in [7, 11) is -1.76. The van der Waals surface area contributed by atoms with Crippen LogP contribution in [0.3, 0.4) is 0 Å². The molecule has 0 spiro atoms. The lowest BCUT2D eigenvalue weighted by atomic mass is 9.93. The Morgan fingerprint density at radius 2 is 2.28 bits per heavy atom. The summed E-state index contributed by atoms with van der Waals surface area (Å²) in [6, 6.07) is -0.107. The fourth-order valence-corrected chi connectivity index (χ4v) is 4.28. The first-order chi connectivity index (χ1) is 8.46. The van der Waals surface area contributed by atoms with Crippen LogP contribution >= 0.6 is 0 Å². The van der Waals surface area contributed by atoms with E-state index in [-0.39, 0.29) is 10.9 Å². The summed E-state index contributed by atoms with van der Waals surface area (Å²) in [6.07, 6.45) is 4.84. The van der Waals surface area contributed by atoms with E-state index in [1.807, 2.05) is 0 Å². The monoisotopic (exact) mass is 272 g/mol. The van der Waals surface area contributed by atoms with Crippen molar-refractivity contribution < 1.29 is 8.42 Å². The Bertz CT molecular complexity index is 511. The Hall–Kier alpha value is -0.920. The number of piperidine rings is 1. The van der Waals surface area contributed by atoms with Crippen molar-refractivity contribution in [1.82, 2.24) is 14.1 Å². The van der Waals surface area contributed by atoms with E-state index in [0.717, 1.165) is 12.8 Å². The van der Waals surface area contributed by atoms with Crippen molar-refractivity contribution in [2.45, 2.75) is 30.7 Å². The van der Waals surface area contributed by atoms with Gasteiger partial charge in [-0.2, -0.15) is 9.40 Å². The SMILES string of the molecule is CC1CCCN(S(=O)(=O)c2cnn(C)c2)C1CN. The largest absolute Gasteiger partial charge is 0.329 e. The van der Waals surface area contributed by atoms with Crippen molar-refractivity contribution in [3.05, 3.63) is 12.4 Å². The molecule has 2 rings (SSSR count). The Morgan fingerprint density at radius 3 is 2.83 bits per heavy atom. The Kier molecular flexibility index (Phi) is 3.74. The smallest absolute Gasteiger partial charge is 0.246 e. The van der Waals surface area contributed by atoms with Gasteiger partial charge in [0.25, 0.3) is 0 Å². The van der Waals surface area contributed by atoms with Crippen LogP contribution < -0.4 is 5.73 Å². The maximum absolute atomic E-state index is 12.5. The molecule has 2 atom stereocenters. The number of sulfonamides is 1. The molecule has 1 saturated heterocycles. The molecule has 102 valence electrons. The summed E-state index contributed by atoms with van der Waals surface area (Å²) in [5.41, 5.74) is 5.74.